The molecule has 0 bridgehead atoms. The first-order valence-electron chi connectivity index (χ1n) is 9.97. The Morgan fingerprint density at radius 2 is 2.10 bits per heavy atom. The number of anilines is 2. The summed E-state index contributed by atoms with van der Waals surface area (Å²) < 4.78 is 5.90. The number of hydrogen-bond donors (Lipinski definition) is 1. The highest BCUT2D eigenvalue weighted by molar-refractivity contribution is 7.09. The van der Waals surface area contributed by atoms with Gasteiger partial charge >= 0.3 is 0 Å². The van der Waals surface area contributed by atoms with Crippen LogP contribution in [0, 0.1) is 13.8 Å². The number of nitrogens with one attached hydrogen (secondary N) is 1. The lowest BCUT2D eigenvalue weighted by molar-refractivity contribution is -0.128. The third kappa shape index (κ3) is 4.29. The molecule has 0 saturated heterocycles. The van der Waals surface area contributed by atoms with Crippen molar-refractivity contribution in [2.45, 2.75) is 33.3 Å². The molecule has 6 nitrogen and oxygen atoms in total. The Balaban J connectivity index is 1.65. The van der Waals surface area contributed by atoms with Crippen molar-refractivity contribution in [2.24, 2.45) is 0 Å². The number of thiazole rings is 1. The molecule has 3 aromatic rings. The number of carbonyl (C=O) groups excluding carboxylic acids is 2. The minimum atomic E-state index is -0.624. The van der Waals surface area contributed by atoms with Crippen LogP contribution in [0.1, 0.15) is 23.9 Å². The Labute approximate surface area is 189 Å². The molecule has 0 aliphatic carbocycles. The van der Waals surface area contributed by atoms with E-state index in [1.807, 2.05) is 44.4 Å². The standard InChI is InChI=1S/C23H22ClN3O3S/c1-4-20-23(29)27(11-22(28)26-17-7-5-6-16(24)13(17)2)19-10-15(8-9-21(19)30-20)18-12-31-14(3)25-18/h5-10,12,20H,4,11H2,1-3H3,(H,26,28). The Morgan fingerprint density at radius 1 is 1.29 bits per heavy atom. The molecule has 1 unspecified atom stereocenters. The van der Waals surface area contributed by atoms with Crippen molar-refractivity contribution in [3.05, 3.63) is 57.4 Å². The molecule has 31 heavy (non-hydrogen) atoms. The van der Waals surface area contributed by atoms with Crippen molar-refractivity contribution in [1.29, 1.82) is 0 Å². The molecule has 1 aliphatic rings. The SMILES string of the molecule is CCC1Oc2ccc(-c3csc(C)n3)cc2N(CC(=O)Nc2cccc(Cl)c2C)C1=O. The zero-order valence-corrected chi connectivity index (χ0v) is 19.0. The topological polar surface area (TPSA) is 71.5 Å². The van der Waals surface area contributed by atoms with E-state index < -0.39 is 6.10 Å². The average Bonchev–Trinajstić information content (AvgIpc) is 3.19. The van der Waals surface area contributed by atoms with Crippen LogP contribution in [0.5, 0.6) is 5.75 Å². The van der Waals surface area contributed by atoms with Crippen molar-refractivity contribution in [2.75, 3.05) is 16.8 Å². The molecule has 0 saturated carbocycles. The monoisotopic (exact) mass is 455 g/mol. The first-order chi connectivity index (χ1) is 14.9. The van der Waals surface area contributed by atoms with E-state index in [-0.39, 0.29) is 18.4 Å². The quantitative estimate of drug-likeness (QED) is 0.572. The largest absolute Gasteiger partial charge is 0.478 e. The average molecular weight is 456 g/mol. The van der Waals surface area contributed by atoms with Crippen molar-refractivity contribution in [3.8, 4) is 17.0 Å². The van der Waals surface area contributed by atoms with Crippen LogP contribution in [0.3, 0.4) is 0 Å². The molecule has 1 aliphatic heterocycles. The van der Waals surface area contributed by atoms with E-state index in [1.54, 1.807) is 29.5 Å². The second-order valence-corrected chi connectivity index (χ2v) is 8.80. The van der Waals surface area contributed by atoms with E-state index in [1.165, 1.54) is 4.90 Å². The van der Waals surface area contributed by atoms with Crippen LogP contribution >= 0.6 is 22.9 Å². The summed E-state index contributed by atoms with van der Waals surface area (Å²) in [4.78, 5) is 31.9. The van der Waals surface area contributed by atoms with Gasteiger partial charge in [0.25, 0.3) is 5.91 Å². The van der Waals surface area contributed by atoms with Crippen LogP contribution in [0.25, 0.3) is 11.3 Å². The summed E-state index contributed by atoms with van der Waals surface area (Å²) in [6, 6.07) is 10.9. The molecule has 0 fully saturated rings. The lowest BCUT2D eigenvalue weighted by atomic mass is 10.1. The molecule has 2 aromatic carbocycles. The van der Waals surface area contributed by atoms with Crippen LogP contribution in [0.15, 0.2) is 41.8 Å². The fourth-order valence-corrected chi connectivity index (χ4v) is 4.27. The van der Waals surface area contributed by atoms with E-state index >= 15 is 0 Å². The maximum Gasteiger partial charge on any atom is 0.268 e. The van der Waals surface area contributed by atoms with Gasteiger partial charge in [0.1, 0.15) is 12.3 Å². The number of nitrogens with zero attached hydrogens (tertiary/aromatic N) is 2. The minimum absolute atomic E-state index is 0.128. The van der Waals surface area contributed by atoms with Gasteiger partial charge in [-0.05, 0) is 56.2 Å². The third-order valence-corrected chi connectivity index (χ3v) is 6.37. The van der Waals surface area contributed by atoms with Crippen LogP contribution in [0.2, 0.25) is 5.02 Å². The minimum Gasteiger partial charge on any atom is -0.478 e. The van der Waals surface area contributed by atoms with Crippen LogP contribution < -0.4 is 15.0 Å². The molecule has 8 heteroatoms. The summed E-state index contributed by atoms with van der Waals surface area (Å²) >= 11 is 7.72. The molecule has 4 rings (SSSR count). The van der Waals surface area contributed by atoms with Crippen molar-refractivity contribution < 1.29 is 14.3 Å². The molecular weight excluding hydrogens is 434 g/mol. The summed E-state index contributed by atoms with van der Waals surface area (Å²) in [5.74, 6) is 0.0322. The molecule has 2 amide bonds. The Kier molecular flexibility index (Phi) is 5.98. The molecule has 1 aromatic heterocycles. The normalized spacial score (nSPS) is 15.4. The lowest BCUT2D eigenvalue weighted by Crippen LogP contribution is -2.48. The second kappa shape index (κ2) is 8.69. The number of benzene rings is 2. The summed E-state index contributed by atoms with van der Waals surface area (Å²) in [7, 11) is 0. The highest BCUT2D eigenvalue weighted by Crippen LogP contribution is 2.38. The molecule has 2 heterocycles. The zero-order chi connectivity index (χ0) is 22.1. The number of halogens is 1. The molecular formula is C23H22ClN3O3S. The fourth-order valence-electron chi connectivity index (χ4n) is 3.48. The second-order valence-electron chi connectivity index (χ2n) is 7.33. The van der Waals surface area contributed by atoms with Crippen molar-refractivity contribution >= 4 is 46.1 Å². The van der Waals surface area contributed by atoms with Crippen LogP contribution in [-0.4, -0.2) is 29.4 Å². The molecule has 160 valence electrons. The van der Waals surface area contributed by atoms with Gasteiger partial charge in [0.2, 0.25) is 5.91 Å². The number of ether oxygens (including phenoxy) is 1. The molecule has 1 atom stereocenters. The maximum absolute atomic E-state index is 13.1. The molecule has 0 spiro atoms. The third-order valence-electron chi connectivity index (χ3n) is 5.19. The summed E-state index contributed by atoms with van der Waals surface area (Å²) in [6.07, 6.45) is -0.114. The first kappa shape index (κ1) is 21.3. The summed E-state index contributed by atoms with van der Waals surface area (Å²) in [6.45, 7) is 5.53. The van der Waals surface area contributed by atoms with Gasteiger partial charge in [0, 0.05) is 21.7 Å². The van der Waals surface area contributed by atoms with Gasteiger partial charge in [-0.1, -0.05) is 24.6 Å². The van der Waals surface area contributed by atoms with Crippen molar-refractivity contribution in [3.63, 3.8) is 0 Å². The van der Waals surface area contributed by atoms with Gasteiger partial charge in [-0.25, -0.2) is 4.98 Å². The zero-order valence-electron chi connectivity index (χ0n) is 17.4. The van der Waals surface area contributed by atoms with Gasteiger partial charge in [0.15, 0.2) is 6.10 Å². The number of aromatic nitrogens is 1. The Hall–Kier alpha value is -2.90. The molecule has 0 radical (unpaired) electrons. The number of hydrogen-bond acceptors (Lipinski definition) is 5. The van der Waals surface area contributed by atoms with Gasteiger partial charge < -0.3 is 10.1 Å². The van der Waals surface area contributed by atoms with E-state index in [2.05, 4.69) is 10.3 Å². The van der Waals surface area contributed by atoms with E-state index in [0.717, 1.165) is 21.8 Å². The fraction of sp³-hybridized carbons (Fsp3) is 0.261. The Morgan fingerprint density at radius 3 is 2.81 bits per heavy atom. The van der Waals surface area contributed by atoms with E-state index in [9.17, 15) is 9.59 Å². The van der Waals surface area contributed by atoms with Gasteiger partial charge in [-0.15, -0.1) is 11.3 Å². The summed E-state index contributed by atoms with van der Waals surface area (Å²) in [5, 5.41) is 6.36. The lowest BCUT2D eigenvalue weighted by Gasteiger charge is -2.34. The molecule has 1 N–H and O–H groups in total. The predicted octanol–water partition coefficient (Wildman–Crippen LogP) is 5.22. The highest BCUT2D eigenvalue weighted by atomic mass is 35.5. The number of carbonyl (C=O) groups is 2. The number of rotatable bonds is 5. The number of fused-ring (bicyclic) bond motifs is 1. The number of aryl methyl sites for hydroxylation is 1. The van der Waals surface area contributed by atoms with Gasteiger partial charge in [-0.2, -0.15) is 0 Å². The van der Waals surface area contributed by atoms with E-state index in [4.69, 9.17) is 16.3 Å². The van der Waals surface area contributed by atoms with E-state index in [0.29, 0.717) is 28.6 Å². The first-order valence-corrected chi connectivity index (χ1v) is 11.2. The highest BCUT2D eigenvalue weighted by Gasteiger charge is 2.34. The van der Waals surface area contributed by atoms with Crippen molar-refractivity contribution in [1.82, 2.24) is 4.98 Å². The summed E-state index contributed by atoms with van der Waals surface area (Å²) in [5.41, 5.74) is 3.66. The van der Waals surface area contributed by atoms with Gasteiger partial charge in [-0.3, -0.25) is 14.5 Å². The van der Waals surface area contributed by atoms with Gasteiger partial charge in [0.05, 0.1) is 16.4 Å². The Bertz CT molecular complexity index is 1160. The van der Waals surface area contributed by atoms with Crippen LogP contribution in [0.4, 0.5) is 11.4 Å². The number of amides is 2. The van der Waals surface area contributed by atoms with Crippen LogP contribution in [-0.2, 0) is 9.59 Å². The maximum atomic E-state index is 13.1. The predicted molar refractivity (Wildman–Crippen MR) is 124 cm³/mol. The smallest absolute Gasteiger partial charge is 0.268 e.